The largest absolute Gasteiger partial charge is 0.420 e. The monoisotopic (exact) mass is 378 g/mol. The molecule has 0 aliphatic carbocycles. The van der Waals surface area contributed by atoms with Gasteiger partial charge in [-0.05, 0) is 39.0 Å². The van der Waals surface area contributed by atoms with E-state index in [4.69, 9.17) is 8.85 Å². The molecule has 0 atom stereocenters. The van der Waals surface area contributed by atoms with Crippen molar-refractivity contribution < 1.29 is 8.85 Å². The third-order valence-corrected chi connectivity index (χ3v) is 37.2. The standard InChI is InChI=1S/C16H42O2Si4/c1-19(2,3)21(7,8)17-15-13-11-12-14-16-18-22(9,10)20(4,5)6/h11-16H2,1-10H3. The van der Waals surface area contributed by atoms with Crippen LogP contribution < -0.4 is 0 Å². The fourth-order valence-electron chi connectivity index (χ4n) is 1.65. The molecular formula is C16H42O2Si4. The lowest BCUT2D eigenvalue weighted by Crippen LogP contribution is -2.55. The summed E-state index contributed by atoms with van der Waals surface area (Å²) in [7, 11) is -5.00. The van der Waals surface area contributed by atoms with Gasteiger partial charge < -0.3 is 8.85 Å². The highest BCUT2D eigenvalue weighted by Crippen LogP contribution is 2.21. The molecule has 0 bridgehead atoms. The zero-order chi connectivity index (χ0) is 17.7. The first-order chi connectivity index (χ1) is 9.71. The van der Waals surface area contributed by atoms with Crippen molar-refractivity contribution in [3.8, 4) is 0 Å². The molecule has 0 N–H and O–H groups in total. The van der Waals surface area contributed by atoms with Gasteiger partial charge in [0.15, 0.2) is 15.7 Å². The van der Waals surface area contributed by atoms with Crippen molar-refractivity contribution in [1.29, 1.82) is 0 Å². The van der Waals surface area contributed by atoms with Gasteiger partial charge in [-0.2, -0.15) is 0 Å². The van der Waals surface area contributed by atoms with Crippen LogP contribution in [0, 0.1) is 0 Å². The van der Waals surface area contributed by atoms with E-state index in [9.17, 15) is 0 Å². The van der Waals surface area contributed by atoms with Gasteiger partial charge in [-0.3, -0.25) is 0 Å². The molecule has 0 aromatic heterocycles. The number of hydrogen-bond acceptors (Lipinski definition) is 2. The van der Waals surface area contributed by atoms with Crippen molar-refractivity contribution in [2.75, 3.05) is 13.2 Å². The minimum Gasteiger partial charge on any atom is -0.420 e. The summed E-state index contributed by atoms with van der Waals surface area (Å²) in [5, 5.41) is 0. The van der Waals surface area contributed by atoms with Crippen LogP contribution >= 0.6 is 0 Å². The first-order valence-electron chi connectivity index (χ1n) is 8.99. The lowest BCUT2D eigenvalue weighted by molar-refractivity contribution is 0.287. The zero-order valence-corrected chi connectivity index (χ0v) is 21.1. The smallest absolute Gasteiger partial charge is 0.173 e. The molecule has 0 aliphatic rings. The second-order valence-corrected chi connectivity index (χ2v) is 41.5. The van der Waals surface area contributed by atoms with Crippen LogP contribution in [0.3, 0.4) is 0 Å². The van der Waals surface area contributed by atoms with Gasteiger partial charge >= 0.3 is 0 Å². The van der Waals surface area contributed by atoms with Crippen molar-refractivity contribution in [1.82, 2.24) is 0 Å². The molecule has 6 heteroatoms. The van der Waals surface area contributed by atoms with Crippen molar-refractivity contribution >= 4 is 30.9 Å². The van der Waals surface area contributed by atoms with Gasteiger partial charge in [0.1, 0.15) is 0 Å². The predicted octanol–water partition coefficient (Wildman–Crippen LogP) is 5.82. The van der Waals surface area contributed by atoms with Gasteiger partial charge in [-0.1, -0.05) is 52.1 Å². The van der Waals surface area contributed by atoms with Crippen molar-refractivity contribution in [2.24, 2.45) is 0 Å². The second-order valence-electron chi connectivity index (χ2n) is 9.63. The molecule has 2 nitrogen and oxygen atoms in total. The summed E-state index contributed by atoms with van der Waals surface area (Å²) < 4.78 is 12.6. The Hall–Kier alpha value is 0.788. The van der Waals surface area contributed by atoms with Gasteiger partial charge in [0.25, 0.3) is 0 Å². The third-order valence-electron chi connectivity index (χ3n) is 5.58. The average molecular weight is 379 g/mol. The summed E-state index contributed by atoms with van der Waals surface area (Å²) in [6.07, 6.45) is 5.01. The van der Waals surface area contributed by atoms with Gasteiger partial charge in [0.05, 0.1) is 15.2 Å². The second kappa shape index (κ2) is 8.76. The fraction of sp³-hybridized carbons (Fsp3) is 1.00. The van der Waals surface area contributed by atoms with Crippen LogP contribution in [0.15, 0.2) is 0 Å². The van der Waals surface area contributed by atoms with E-state index in [1.54, 1.807) is 0 Å². The maximum Gasteiger partial charge on any atom is 0.173 e. The Morgan fingerprint density at radius 1 is 0.455 bits per heavy atom. The Kier molecular flexibility index (Phi) is 9.07. The third kappa shape index (κ3) is 8.06. The summed E-state index contributed by atoms with van der Waals surface area (Å²) in [6.45, 7) is 26.2. The lowest BCUT2D eigenvalue weighted by Gasteiger charge is -2.35. The number of hydrogen-bond donors (Lipinski definition) is 0. The molecule has 134 valence electrons. The molecule has 22 heavy (non-hydrogen) atoms. The molecule has 0 spiro atoms. The van der Waals surface area contributed by atoms with E-state index in [1.165, 1.54) is 25.7 Å². The van der Waals surface area contributed by atoms with E-state index in [0.29, 0.717) is 0 Å². The minimum atomic E-state index is -1.40. The predicted molar refractivity (Wildman–Crippen MR) is 112 cm³/mol. The molecule has 0 fully saturated rings. The van der Waals surface area contributed by atoms with Crippen molar-refractivity contribution in [2.45, 2.75) is 91.2 Å². The first-order valence-corrected chi connectivity index (χ1v) is 23.8. The molecule has 0 saturated heterocycles. The van der Waals surface area contributed by atoms with Crippen LogP contribution in [0.25, 0.3) is 0 Å². The summed E-state index contributed by atoms with van der Waals surface area (Å²) in [4.78, 5) is 0. The Morgan fingerprint density at radius 3 is 0.955 bits per heavy atom. The summed E-state index contributed by atoms with van der Waals surface area (Å²) in [5.41, 5.74) is 0. The van der Waals surface area contributed by atoms with E-state index >= 15 is 0 Å². The molecule has 0 aliphatic heterocycles. The minimum absolute atomic E-state index is 0.972. The molecule has 0 saturated carbocycles. The van der Waals surface area contributed by atoms with Crippen LogP contribution in [-0.4, -0.2) is 44.1 Å². The normalized spacial score (nSPS) is 14.5. The maximum atomic E-state index is 6.28. The Balaban J connectivity index is 3.73. The van der Waals surface area contributed by atoms with E-state index in [1.807, 2.05) is 0 Å². The van der Waals surface area contributed by atoms with Gasteiger partial charge in [-0.15, -0.1) is 0 Å². The quantitative estimate of drug-likeness (QED) is 0.333. The summed E-state index contributed by atoms with van der Waals surface area (Å²) in [5.74, 6) is 0. The average Bonchev–Trinajstić information content (AvgIpc) is 2.29. The maximum absolute atomic E-state index is 6.28. The van der Waals surface area contributed by atoms with Crippen LogP contribution in [0.4, 0.5) is 0 Å². The molecule has 0 aromatic rings. The molecular weight excluding hydrogens is 337 g/mol. The first kappa shape index (κ1) is 22.8. The molecule has 0 rings (SSSR count). The van der Waals surface area contributed by atoms with Gasteiger partial charge in [0, 0.05) is 13.2 Å². The van der Waals surface area contributed by atoms with Crippen molar-refractivity contribution in [3.63, 3.8) is 0 Å². The lowest BCUT2D eigenvalue weighted by atomic mass is 10.2. The summed E-state index contributed by atoms with van der Waals surface area (Å²) in [6, 6.07) is 0. The Bertz CT molecular complexity index is 285. The SMILES string of the molecule is C[Si](C)(C)[Si](C)(C)OCCCCCCO[Si](C)(C)[Si](C)(C)C. The topological polar surface area (TPSA) is 18.5 Å². The highest BCUT2D eigenvalue weighted by molar-refractivity contribution is 7.38. The van der Waals surface area contributed by atoms with Gasteiger partial charge in [0.2, 0.25) is 0 Å². The fourth-order valence-corrected chi connectivity index (χ4v) is 7.03. The molecule has 0 radical (unpaired) electrons. The van der Waals surface area contributed by atoms with Crippen molar-refractivity contribution in [3.05, 3.63) is 0 Å². The van der Waals surface area contributed by atoms with Crippen LogP contribution in [0.5, 0.6) is 0 Å². The molecule has 0 amide bonds. The van der Waals surface area contributed by atoms with Crippen LogP contribution in [-0.2, 0) is 8.85 Å². The highest BCUT2D eigenvalue weighted by Gasteiger charge is 2.39. The number of unbranched alkanes of at least 4 members (excludes halogenated alkanes) is 3. The molecule has 0 aromatic carbocycles. The zero-order valence-electron chi connectivity index (χ0n) is 17.1. The van der Waals surface area contributed by atoms with Crippen LogP contribution in [0.2, 0.25) is 65.5 Å². The van der Waals surface area contributed by atoms with E-state index in [-0.39, 0.29) is 0 Å². The molecule has 0 unspecified atom stereocenters. The van der Waals surface area contributed by atoms with Gasteiger partial charge in [-0.25, -0.2) is 0 Å². The highest BCUT2D eigenvalue weighted by atomic mass is 29.3. The molecule has 0 heterocycles. The number of rotatable bonds is 11. The summed E-state index contributed by atoms with van der Waals surface area (Å²) >= 11 is 0. The Morgan fingerprint density at radius 2 is 0.727 bits per heavy atom. The Labute approximate surface area is 144 Å². The van der Waals surface area contributed by atoms with E-state index in [2.05, 4.69) is 65.5 Å². The van der Waals surface area contributed by atoms with Crippen LogP contribution in [0.1, 0.15) is 25.7 Å². The van der Waals surface area contributed by atoms with E-state index < -0.39 is 30.9 Å². The van der Waals surface area contributed by atoms with E-state index in [0.717, 1.165) is 13.2 Å².